The minimum Gasteiger partial charge on any atom is -0.469 e. The molecule has 104 valence electrons. The molecule has 1 unspecified atom stereocenters. The highest BCUT2D eigenvalue weighted by molar-refractivity contribution is 7.89. The molecule has 8 heteroatoms. The molecule has 7 nitrogen and oxygen atoms in total. The van der Waals surface area contributed by atoms with E-state index in [0.29, 0.717) is 19.4 Å². The standard InChI is InChI=1S/C10H18N2O5S/c1-17-10(14)3-2-6-18(15,16)12-8-4-5-9(13)11-7-8/h8,12H,2-7H2,1H3,(H,11,13). The molecule has 0 aromatic heterocycles. The fraction of sp³-hybridized carbons (Fsp3) is 0.800. The lowest BCUT2D eigenvalue weighted by Crippen LogP contribution is -2.48. The highest BCUT2D eigenvalue weighted by Crippen LogP contribution is 2.05. The van der Waals surface area contributed by atoms with Gasteiger partial charge in [0.2, 0.25) is 15.9 Å². The van der Waals surface area contributed by atoms with Crippen LogP contribution in [0.25, 0.3) is 0 Å². The zero-order valence-corrected chi connectivity index (χ0v) is 11.1. The summed E-state index contributed by atoms with van der Waals surface area (Å²) in [5, 5.41) is 2.60. The number of piperidine rings is 1. The van der Waals surface area contributed by atoms with Crippen LogP contribution in [0.2, 0.25) is 0 Å². The van der Waals surface area contributed by atoms with Gasteiger partial charge in [0, 0.05) is 25.4 Å². The molecule has 0 aliphatic carbocycles. The van der Waals surface area contributed by atoms with Crippen molar-refractivity contribution in [3.05, 3.63) is 0 Å². The van der Waals surface area contributed by atoms with Crippen LogP contribution in [0.3, 0.4) is 0 Å². The predicted octanol–water partition coefficient (Wildman–Crippen LogP) is -0.862. The number of ether oxygens (including phenoxy) is 1. The molecular weight excluding hydrogens is 260 g/mol. The molecule has 18 heavy (non-hydrogen) atoms. The second-order valence-electron chi connectivity index (χ2n) is 4.16. The summed E-state index contributed by atoms with van der Waals surface area (Å²) in [5.41, 5.74) is 0. The van der Waals surface area contributed by atoms with E-state index in [1.54, 1.807) is 0 Å². The molecule has 0 aromatic rings. The summed E-state index contributed by atoms with van der Waals surface area (Å²) < 4.78 is 30.3. The first-order chi connectivity index (χ1) is 8.43. The van der Waals surface area contributed by atoms with E-state index in [0.717, 1.165) is 0 Å². The molecule has 1 saturated heterocycles. The van der Waals surface area contributed by atoms with Crippen LogP contribution in [0.4, 0.5) is 0 Å². The van der Waals surface area contributed by atoms with Gasteiger partial charge in [0.15, 0.2) is 0 Å². The van der Waals surface area contributed by atoms with Crippen molar-refractivity contribution < 1.29 is 22.7 Å². The Balaban J connectivity index is 2.31. The molecule has 1 aliphatic heterocycles. The number of carbonyl (C=O) groups is 2. The van der Waals surface area contributed by atoms with Gasteiger partial charge in [0.25, 0.3) is 0 Å². The van der Waals surface area contributed by atoms with Crippen molar-refractivity contribution in [3.63, 3.8) is 0 Å². The van der Waals surface area contributed by atoms with Crippen LogP contribution in [-0.4, -0.2) is 45.7 Å². The van der Waals surface area contributed by atoms with Crippen LogP contribution in [0.5, 0.6) is 0 Å². The summed E-state index contributed by atoms with van der Waals surface area (Å²) >= 11 is 0. The number of esters is 1. The molecule has 1 amide bonds. The van der Waals surface area contributed by atoms with Gasteiger partial charge in [-0.3, -0.25) is 9.59 Å². The van der Waals surface area contributed by atoms with Gasteiger partial charge < -0.3 is 10.1 Å². The van der Waals surface area contributed by atoms with Gasteiger partial charge in [-0.15, -0.1) is 0 Å². The molecule has 0 saturated carbocycles. The van der Waals surface area contributed by atoms with Crippen LogP contribution in [-0.2, 0) is 24.3 Å². The minimum atomic E-state index is -3.41. The van der Waals surface area contributed by atoms with E-state index in [1.165, 1.54) is 7.11 Å². The summed E-state index contributed by atoms with van der Waals surface area (Å²) in [7, 11) is -2.15. The number of sulfonamides is 1. The molecule has 0 radical (unpaired) electrons. The topological polar surface area (TPSA) is 102 Å². The number of rotatable bonds is 6. The molecule has 0 bridgehead atoms. The summed E-state index contributed by atoms with van der Waals surface area (Å²) in [6, 6.07) is -0.258. The molecule has 1 rings (SSSR count). The number of carbonyl (C=O) groups excluding carboxylic acids is 2. The Bertz CT molecular complexity index is 396. The van der Waals surface area contributed by atoms with Crippen LogP contribution in [0.1, 0.15) is 25.7 Å². The first-order valence-corrected chi connectivity index (χ1v) is 7.41. The smallest absolute Gasteiger partial charge is 0.305 e. The van der Waals surface area contributed by atoms with Gasteiger partial charge in [0.05, 0.1) is 12.9 Å². The molecule has 1 atom stereocenters. The Morgan fingerprint density at radius 3 is 2.83 bits per heavy atom. The fourth-order valence-electron chi connectivity index (χ4n) is 1.65. The maximum Gasteiger partial charge on any atom is 0.305 e. The molecule has 1 fully saturated rings. The maximum atomic E-state index is 11.7. The quantitative estimate of drug-likeness (QED) is 0.615. The summed E-state index contributed by atoms with van der Waals surface area (Å²) in [6.07, 6.45) is 1.14. The van der Waals surface area contributed by atoms with Crippen molar-refractivity contribution in [1.29, 1.82) is 0 Å². The van der Waals surface area contributed by atoms with Crippen LogP contribution in [0, 0.1) is 0 Å². The molecule has 0 spiro atoms. The third-order valence-corrected chi connectivity index (χ3v) is 4.15. The van der Waals surface area contributed by atoms with Gasteiger partial charge in [-0.2, -0.15) is 0 Å². The lowest BCUT2D eigenvalue weighted by Gasteiger charge is -2.23. The molecule has 1 aliphatic rings. The number of methoxy groups -OCH3 is 1. The second kappa shape index (κ2) is 6.69. The SMILES string of the molecule is COC(=O)CCCS(=O)(=O)NC1CCC(=O)NC1. The average molecular weight is 278 g/mol. The van der Waals surface area contributed by atoms with Crippen LogP contribution < -0.4 is 10.0 Å². The first kappa shape index (κ1) is 14.9. The predicted molar refractivity (Wildman–Crippen MR) is 64.2 cm³/mol. The Hall–Kier alpha value is -1.15. The summed E-state index contributed by atoms with van der Waals surface area (Å²) in [5.74, 6) is -0.599. The Kier molecular flexibility index (Phi) is 5.54. The number of hydrogen-bond donors (Lipinski definition) is 2. The van der Waals surface area contributed by atoms with Crippen LogP contribution >= 0.6 is 0 Å². The van der Waals surface area contributed by atoms with E-state index >= 15 is 0 Å². The van der Waals surface area contributed by atoms with E-state index in [4.69, 9.17) is 0 Å². The van der Waals surface area contributed by atoms with E-state index < -0.39 is 16.0 Å². The third-order valence-electron chi connectivity index (χ3n) is 2.63. The Morgan fingerprint density at radius 1 is 1.56 bits per heavy atom. The zero-order chi connectivity index (χ0) is 13.6. The maximum absolute atomic E-state index is 11.7. The highest BCUT2D eigenvalue weighted by Gasteiger charge is 2.22. The van der Waals surface area contributed by atoms with Crippen molar-refractivity contribution in [2.45, 2.75) is 31.7 Å². The minimum absolute atomic E-state index is 0.0591. The lowest BCUT2D eigenvalue weighted by molar-refractivity contribution is -0.140. The second-order valence-corrected chi connectivity index (χ2v) is 6.03. The monoisotopic (exact) mass is 278 g/mol. The largest absolute Gasteiger partial charge is 0.469 e. The van der Waals surface area contributed by atoms with Gasteiger partial charge in [-0.25, -0.2) is 13.1 Å². The summed E-state index contributed by atoms with van der Waals surface area (Å²) in [6.45, 7) is 0.315. The average Bonchev–Trinajstić information content (AvgIpc) is 2.31. The Labute approximate surface area is 106 Å². The fourth-order valence-corrected chi connectivity index (χ4v) is 3.01. The van der Waals surface area contributed by atoms with Crippen molar-refractivity contribution >= 4 is 21.9 Å². The van der Waals surface area contributed by atoms with E-state index in [-0.39, 0.29) is 30.5 Å². The van der Waals surface area contributed by atoms with E-state index in [2.05, 4.69) is 14.8 Å². The summed E-state index contributed by atoms with van der Waals surface area (Å²) in [4.78, 5) is 21.8. The van der Waals surface area contributed by atoms with Gasteiger partial charge in [0.1, 0.15) is 0 Å². The number of nitrogens with one attached hydrogen (secondary N) is 2. The van der Waals surface area contributed by atoms with Gasteiger partial charge in [-0.1, -0.05) is 0 Å². The van der Waals surface area contributed by atoms with Crippen molar-refractivity contribution in [2.24, 2.45) is 0 Å². The molecular formula is C10H18N2O5S. The molecule has 1 heterocycles. The molecule has 2 N–H and O–H groups in total. The lowest BCUT2D eigenvalue weighted by atomic mass is 10.1. The van der Waals surface area contributed by atoms with E-state index in [1.807, 2.05) is 0 Å². The highest BCUT2D eigenvalue weighted by atomic mass is 32.2. The molecule has 0 aromatic carbocycles. The normalized spacial score (nSPS) is 20.3. The van der Waals surface area contributed by atoms with Crippen molar-refractivity contribution in [2.75, 3.05) is 19.4 Å². The zero-order valence-electron chi connectivity index (χ0n) is 10.3. The van der Waals surface area contributed by atoms with Crippen molar-refractivity contribution in [1.82, 2.24) is 10.0 Å². The van der Waals surface area contributed by atoms with E-state index in [9.17, 15) is 18.0 Å². The number of amides is 1. The third kappa shape index (κ3) is 5.46. The van der Waals surface area contributed by atoms with Gasteiger partial charge >= 0.3 is 5.97 Å². The number of hydrogen-bond acceptors (Lipinski definition) is 5. The van der Waals surface area contributed by atoms with Crippen LogP contribution in [0.15, 0.2) is 0 Å². The first-order valence-electron chi connectivity index (χ1n) is 5.76. The Morgan fingerprint density at radius 2 is 2.28 bits per heavy atom. The van der Waals surface area contributed by atoms with Gasteiger partial charge in [-0.05, 0) is 12.8 Å². The van der Waals surface area contributed by atoms with Crippen molar-refractivity contribution in [3.8, 4) is 0 Å².